The topological polar surface area (TPSA) is 67.0 Å². The lowest BCUT2D eigenvalue weighted by Crippen LogP contribution is -2.10. The molecule has 1 aromatic heterocycles. The first-order valence-corrected chi connectivity index (χ1v) is 5.59. The summed E-state index contributed by atoms with van der Waals surface area (Å²) in [7, 11) is 0.604. The third-order valence-corrected chi connectivity index (χ3v) is 2.79. The molecule has 0 aromatic carbocycles. The second-order valence-electron chi connectivity index (χ2n) is 2.36. The van der Waals surface area contributed by atoms with Crippen LogP contribution < -0.4 is 5.56 Å². The first kappa shape index (κ1) is 11.1. The number of nitrogens with one attached hydrogen (secondary N) is 1. The van der Waals surface area contributed by atoms with Gasteiger partial charge in [-0.3, -0.25) is 4.79 Å². The van der Waals surface area contributed by atoms with Crippen molar-refractivity contribution in [2.45, 2.75) is 11.3 Å². The fourth-order valence-electron chi connectivity index (χ4n) is 0.856. The first-order chi connectivity index (χ1) is 6.32. The molecule has 0 saturated heterocycles. The van der Waals surface area contributed by atoms with Crippen LogP contribution in [0.1, 0.15) is 12.0 Å². The highest BCUT2D eigenvalue weighted by atomic mass is 35.7. The molecule has 0 radical (unpaired) electrons. The number of hydrogen-bond acceptors (Lipinski definition) is 3. The van der Waals surface area contributed by atoms with Gasteiger partial charge in [0.25, 0.3) is 15.5 Å². The van der Waals surface area contributed by atoms with Crippen LogP contribution in [0.15, 0.2) is 22.0 Å². The van der Waals surface area contributed by atoms with E-state index in [1.54, 1.807) is 0 Å². The predicted molar refractivity (Wildman–Crippen MR) is 45.1 cm³/mol. The van der Waals surface area contributed by atoms with E-state index in [9.17, 15) is 22.0 Å². The summed E-state index contributed by atoms with van der Waals surface area (Å²) in [5.74, 6) is 0. The second kappa shape index (κ2) is 3.66. The third-order valence-electron chi connectivity index (χ3n) is 1.41. The predicted octanol–water partition coefficient (Wildman–Crippen LogP) is 1.24. The number of halogens is 3. The molecule has 0 unspecified atom stereocenters. The number of rotatable bonds is 2. The van der Waals surface area contributed by atoms with E-state index in [0.717, 1.165) is 0 Å². The summed E-state index contributed by atoms with van der Waals surface area (Å²) in [4.78, 5) is 11.8. The Hall–Kier alpha value is -0.950. The van der Waals surface area contributed by atoms with Crippen molar-refractivity contribution in [3.05, 3.63) is 28.2 Å². The van der Waals surface area contributed by atoms with Gasteiger partial charge in [-0.25, -0.2) is 17.2 Å². The molecule has 8 heteroatoms. The molecule has 4 nitrogen and oxygen atoms in total. The molecule has 14 heavy (non-hydrogen) atoms. The maximum atomic E-state index is 12.3. The van der Waals surface area contributed by atoms with E-state index in [0.29, 0.717) is 12.3 Å². The maximum Gasteiger partial charge on any atom is 0.265 e. The number of H-pyrrole nitrogens is 1. The molecule has 1 rings (SSSR count). The van der Waals surface area contributed by atoms with Crippen molar-refractivity contribution < 1.29 is 17.2 Å². The van der Waals surface area contributed by atoms with E-state index in [2.05, 4.69) is 0 Å². The average molecular weight is 244 g/mol. The zero-order valence-corrected chi connectivity index (χ0v) is 8.07. The SMILES string of the molecule is O=c1cc(C(F)F)c(S(=O)(=O)Cl)c[nH]1. The van der Waals surface area contributed by atoms with Crippen LogP contribution in [0.3, 0.4) is 0 Å². The molecule has 0 spiro atoms. The zero-order valence-electron chi connectivity index (χ0n) is 6.50. The highest BCUT2D eigenvalue weighted by Crippen LogP contribution is 2.26. The van der Waals surface area contributed by atoms with Crippen LogP contribution in [0.2, 0.25) is 0 Å². The molecule has 0 aliphatic carbocycles. The van der Waals surface area contributed by atoms with Crippen molar-refractivity contribution in [2.75, 3.05) is 0 Å². The first-order valence-electron chi connectivity index (χ1n) is 3.28. The van der Waals surface area contributed by atoms with Crippen molar-refractivity contribution >= 4 is 19.7 Å². The van der Waals surface area contributed by atoms with Gasteiger partial charge in [-0.05, 0) is 0 Å². The molecule has 0 fully saturated rings. The van der Waals surface area contributed by atoms with E-state index in [1.165, 1.54) is 0 Å². The summed E-state index contributed by atoms with van der Waals surface area (Å²) in [6.07, 6.45) is -2.42. The minimum absolute atomic E-state index is 0.500. The van der Waals surface area contributed by atoms with Gasteiger partial charge in [0.1, 0.15) is 4.90 Å². The summed E-state index contributed by atoms with van der Waals surface area (Å²) in [6, 6.07) is 0.500. The van der Waals surface area contributed by atoms with Gasteiger partial charge >= 0.3 is 0 Å². The van der Waals surface area contributed by atoms with Gasteiger partial charge in [-0.1, -0.05) is 0 Å². The summed E-state index contributed by atoms with van der Waals surface area (Å²) < 4.78 is 46.1. The van der Waals surface area contributed by atoms with Crippen molar-refractivity contribution in [1.29, 1.82) is 0 Å². The highest BCUT2D eigenvalue weighted by Gasteiger charge is 2.22. The monoisotopic (exact) mass is 243 g/mol. The molecule has 0 bridgehead atoms. The van der Waals surface area contributed by atoms with Gasteiger partial charge in [0.05, 0.1) is 0 Å². The summed E-state index contributed by atoms with van der Waals surface area (Å²) >= 11 is 0. The molecule has 0 aliphatic rings. The van der Waals surface area contributed by atoms with Gasteiger partial charge in [0.2, 0.25) is 5.56 Å². The van der Waals surface area contributed by atoms with Crippen LogP contribution in [-0.4, -0.2) is 13.4 Å². The molecular formula is C6H4ClF2NO3S. The Morgan fingerprint density at radius 3 is 2.43 bits per heavy atom. The molecule has 1 N–H and O–H groups in total. The van der Waals surface area contributed by atoms with Crippen molar-refractivity contribution in [1.82, 2.24) is 4.98 Å². The number of aromatic nitrogens is 1. The third kappa shape index (κ3) is 2.30. The Balaban J connectivity index is 3.53. The van der Waals surface area contributed by atoms with Crippen molar-refractivity contribution in [2.24, 2.45) is 0 Å². The van der Waals surface area contributed by atoms with Gasteiger partial charge in [-0.15, -0.1) is 0 Å². The zero-order chi connectivity index (χ0) is 10.9. The van der Waals surface area contributed by atoms with Crippen LogP contribution >= 0.6 is 10.7 Å². The summed E-state index contributed by atoms with van der Waals surface area (Å²) in [5.41, 5.74) is -1.71. The minimum atomic E-state index is -4.27. The average Bonchev–Trinajstić information content (AvgIpc) is 2.01. The van der Waals surface area contributed by atoms with Crippen molar-refractivity contribution in [3.8, 4) is 0 Å². The smallest absolute Gasteiger partial charge is 0.265 e. The van der Waals surface area contributed by atoms with Crippen LogP contribution in [0.5, 0.6) is 0 Å². The maximum absolute atomic E-state index is 12.3. The summed E-state index contributed by atoms with van der Waals surface area (Å²) in [6.45, 7) is 0. The van der Waals surface area contributed by atoms with E-state index in [1.807, 2.05) is 4.98 Å². The normalized spacial score (nSPS) is 12.0. The Kier molecular flexibility index (Phi) is 2.91. The van der Waals surface area contributed by atoms with Crippen LogP contribution in [0.25, 0.3) is 0 Å². The van der Waals surface area contributed by atoms with Crippen molar-refractivity contribution in [3.63, 3.8) is 0 Å². The van der Waals surface area contributed by atoms with Gasteiger partial charge in [0, 0.05) is 28.5 Å². The van der Waals surface area contributed by atoms with Gasteiger partial charge in [-0.2, -0.15) is 0 Å². The molecule has 0 atom stereocenters. The van der Waals surface area contributed by atoms with E-state index in [4.69, 9.17) is 10.7 Å². The molecule has 0 amide bonds. The fraction of sp³-hybridized carbons (Fsp3) is 0.167. The van der Waals surface area contributed by atoms with Crippen LogP contribution in [-0.2, 0) is 9.05 Å². The van der Waals surface area contributed by atoms with Crippen LogP contribution in [0.4, 0.5) is 8.78 Å². The minimum Gasteiger partial charge on any atom is -0.328 e. The van der Waals surface area contributed by atoms with E-state index in [-0.39, 0.29) is 0 Å². The highest BCUT2D eigenvalue weighted by molar-refractivity contribution is 8.13. The van der Waals surface area contributed by atoms with Crippen LogP contribution in [0, 0.1) is 0 Å². The van der Waals surface area contributed by atoms with E-state index < -0.39 is 31.5 Å². The Bertz CT molecular complexity index is 496. The molecule has 78 valence electrons. The quantitative estimate of drug-likeness (QED) is 0.795. The number of aromatic amines is 1. The molecule has 1 aromatic rings. The fourth-order valence-corrected chi connectivity index (χ4v) is 1.89. The molecular weight excluding hydrogens is 240 g/mol. The lowest BCUT2D eigenvalue weighted by molar-refractivity contribution is 0.147. The lowest BCUT2D eigenvalue weighted by atomic mass is 10.3. The largest absolute Gasteiger partial charge is 0.328 e. The number of pyridine rings is 1. The second-order valence-corrected chi connectivity index (χ2v) is 4.89. The summed E-state index contributed by atoms with van der Waals surface area (Å²) in [5, 5.41) is 0. The Labute approximate surface area is 81.9 Å². The van der Waals surface area contributed by atoms with Gasteiger partial charge < -0.3 is 4.98 Å². The molecule has 0 saturated carbocycles. The van der Waals surface area contributed by atoms with Gasteiger partial charge in [0.15, 0.2) is 0 Å². The number of hydrogen-bond donors (Lipinski definition) is 1. The number of alkyl halides is 2. The molecule has 0 aliphatic heterocycles. The Morgan fingerprint density at radius 2 is 2.00 bits per heavy atom. The Morgan fingerprint density at radius 1 is 1.43 bits per heavy atom. The standard InChI is InChI=1S/C6H4ClF2NO3S/c7-14(12,13)4-2-10-5(11)1-3(4)6(8)9/h1-2,6H,(H,10,11). The molecule has 1 heterocycles. The lowest BCUT2D eigenvalue weighted by Gasteiger charge is -2.03. The van der Waals surface area contributed by atoms with E-state index >= 15 is 0 Å².